The Morgan fingerprint density at radius 3 is 2.64 bits per heavy atom. The molecule has 6 nitrogen and oxygen atoms in total. The van der Waals surface area contributed by atoms with Crippen LogP contribution in [0, 0.1) is 5.82 Å². The van der Waals surface area contributed by atoms with Gasteiger partial charge in [-0.2, -0.15) is 0 Å². The molecule has 1 amide bonds. The van der Waals surface area contributed by atoms with Crippen molar-refractivity contribution in [2.24, 2.45) is 0 Å². The van der Waals surface area contributed by atoms with Crippen molar-refractivity contribution in [2.45, 2.75) is 13.5 Å². The highest BCUT2D eigenvalue weighted by molar-refractivity contribution is 5.72. The molecule has 0 unspecified atom stereocenters. The second-order valence-electron chi connectivity index (χ2n) is 4.48. The van der Waals surface area contributed by atoms with E-state index in [1.165, 1.54) is 12.1 Å². The standard InChI is InChI=1S/C15H17FN4O2/c1-2-18-15(21)22-12-7-8-13(20-14(12)17)19-9-10-3-5-11(16)6-4-10/h3-8H,2,9H2,1H3,(H,18,21)(H3,17,19,20). The maximum absolute atomic E-state index is 12.8. The Balaban J connectivity index is 1.97. The molecule has 0 saturated carbocycles. The molecule has 0 bridgehead atoms. The van der Waals surface area contributed by atoms with Gasteiger partial charge in [-0.15, -0.1) is 0 Å². The molecule has 1 aromatic heterocycles. The summed E-state index contributed by atoms with van der Waals surface area (Å²) in [7, 11) is 0. The molecule has 0 atom stereocenters. The molecule has 2 rings (SSSR count). The van der Waals surface area contributed by atoms with Crippen molar-refractivity contribution in [3.63, 3.8) is 0 Å². The van der Waals surface area contributed by atoms with Crippen molar-refractivity contribution in [1.29, 1.82) is 0 Å². The highest BCUT2D eigenvalue weighted by Crippen LogP contribution is 2.21. The minimum absolute atomic E-state index is 0.107. The number of carbonyl (C=O) groups excluding carboxylic acids is 1. The van der Waals surface area contributed by atoms with Gasteiger partial charge in [-0.25, -0.2) is 14.2 Å². The number of halogens is 1. The number of hydrogen-bond acceptors (Lipinski definition) is 5. The Kier molecular flexibility index (Phi) is 5.13. The first-order valence-corrected chi connectivity index (χ1v) is 6.79. The van der Waals surface area contributed by atoms with Gasteiger partial charge in [0.05, 0.1) is 0 Å². The zero-order valence-corrected chi connectivity index (χ0v) is 12.1. The van der Waals surface area contributed by atoms with E-state index in [1.54, 1.807) is 31.2 Å². The van der Waals surface area contributed by atoms with Crippen LogP contribution in [0.25, 0.3) is 0 Å². The fourth-order valence-corrected chi connectivity index (χ4v) is 1.72. The summed E-state index contributed by atoms with van der Waals surface area (Å²) in [5.41, 5.74) is 6.66. The van der Waals surface area contributed by atoms with E-state index in [9.17, 15) is 9.18 Å². The van der Waals surface area contributed by atoms with Gasteiger partial charge in [-0.1, -0.05) is 12.1 Å². The molecule has 22 heavy (non-hydrogen) atoms. The minimum atomic E-state index is -0.581. The summed E-state index contributed by atoms with van der Waals surface area (Å²) in [6.45, 7) is 2.72. The number of aromatic nitrogens is 1. The number of anilines is 2. The van der Waals surface area contributed by atoms with Crippen LogP contribution in [0.3, 0.4) is 0 Å². The third kappa shape index (κ3) is 4.34. The number of nitrogens with zero attached hydrogens (tertiary/aromatic N) is 1. The van der Waals surface area contributed by atoms with Crippen LogP contribution in [-0.4, -0.2) is 17.6 Å². The van der Waals surface area contributed by atoms with Gasteiger partial charge in [-0.3, -0.25) is 0 Å². The molecule has 2 aromatic rings. The van der Waals surface area contributed by atoms with Crippen LogP contribution >= 0.6 is 0 Å². The topological polar surface area (TPSA) is 89.3 Å². The van der Waals surface area contributed by atoms with Gasteiger partial charge in [0.25, 0.3) is 0 Å². The Labute approximate surface area is 127 Å². The number of nitrogens with two attached hydrogens (primary N) is 1. The highest BCUT2D eigenvalue weighted by Gasteiger charge is 2.08. The number of amides is 1. The van der Waals surface area contributed by atoms with Gasteiger partial charge < -0.3 is 21.1 Å². The molecule has 0 aliphatic heterocycles. The zero-order valence-electron chi connectivity index (χ0n) is 12.1. The number of ether oxygens (including phenoxy) is 1. The van der Waals surface area contributed by atoms with Crippen LogP contribution in [0.15, 0.2) is 36.4 Å². The van der Waals surface area contributed by atoms with Crippen molar-refractivity contribution in [1.82, 2.24) is 10.3 Å². The predicted molar refractivity (Wildman–Crippen MR) is 82.1 cm³/mol. The lowest BCUT2D eigenvalue weighted by molar-refractivity contribution is 0.201. The van der Waals surface area contributed by atoms with Crippen LogP contribution in [-0.2, 0) is 6.54 Å². The number of rotatable bonds is 5. The molecular weight excluding hydrogens is 287 g/mol. The number of nitrogens with one attached hydrogen (secondary N) is 2. The van der Waals surface area contributed by atoms with Gasteiger partial charge in [-0.05, 0) is 36.8 Å². The predicted octanol–water partition coefficient (Wildman–Crippen LogP) is 2.52. The number of pyridine rings is 1. The molecule has 0 aliphatic carbocycles. The van der Waals surface area contributed by atoms with Crippen LogP contribution in [0.1, 0.15) is 12.5 Å². The maximum atomic E-state index is 12.8. The van der Waals surface area contributed by atoms with Crippen LogP contribution in [0.5, 0.6) is 5.75 Å². The molecule has 1 heterocycles. The van der Waals surface area contributed by atoms with Crippen molar-refractivity contribution in [3.8, 4) is 5.75 Å². The zero-order chi connectivity index (χ0) is 15.9. The van der Waals surface area contributed by atoms with E-state index < -0.39 is 6.09 Å². The average Bonchev–Trinajstić information content (AvgIpc) is 2.49. The van der Waals surface area contributed by atoms with E-state index in [0.29, 0.717) is 18.9 Å². The summed E-state index contributed by atoms with van der Waals surface area (Å²) in [5.74, 6) is 0.552. The van der Waals surface area contributed by atoms with Crippen LogP contribution in [0.4, 0.5) is 20.8 Å². The molecule has 0 saturated heterocycles. The highest BCUT2D eigenvalue weighted by atomic mass is 19.1. The average molecular weight is 304 g/mol. The normalized spacial score (nSPS) is 10.1. The third-order valence-electron chi connectivity index (χ3n) is 2.80. The van der Waals surface area contributed by atoms with Gasteiger partial charge >= 0.3 is 6.09 Å². The molecule has 0 fully saturated rings. The first-order chi connectivity index (χ1) is 10.6. The van der Waals surface area contributed by atoms with Crippen molar-refractivity contribution in [2.75, 3.05) is 17.6 Å². The second-order valence-corrected chi connectivity index (χ2v) is 4.48. The van der Waals surface area contributed by atoms with E-state index in [2.05, 4.69) is 15.6 Å². The molecule has 0 radical (unpaired) electrons. The fourth-order valence-electron chi connectivity index (χ4n) is 1.72. The Morgan fingerprint density at radius 1 is 1.27 bits per heavy atom. The number of hydrogen-bond donors (Lipinski definition) is 3. The lowest BCUT2D eigenvalue weighted by atomic mass is 10.2. The summed E-state index contributed by atoms with van der Waals surface area (Å²) in [4.78, 5) is 15.4. The minimum Gasteiger partial charge on any atom is -0.406 e. The largest absolute Gasteiger partial charge is 0.412 e. The number of nitrogen functional groups attached to an aromatic ring is 1. The summed E-state index contributed by atoms with van der Waals surface area (Å²) >= 11 is 0. The lowest BCUT2D eigenvalue weighted by Crippen LogP contribution is -2.26. The molecule has 116 valence electrons. The lowest BCUT2D eigenvalue weighted by Gasteiger charge is -2.10. The van der Waals surface area contributed by atoms with Gasteiger partial charge in [0, 0.05) is 13.1 Å². The first-order valence-electron chi connectivity index (χ1n) is 6.79. The fraction of sp³-hybridized carbons (Fsp3) is 0.200. The van der Waals surface area contributed by atoms with Crippen molar-refractivity contribution >= 4 is 17.7 Å². The maximum Gasteiger partial charge on any atom is 0.412 e. The smallest absolute Gasteiger partial charge is 0.406 e. The van der Waals surface area contributed by atoms with Crippen molar-refractivity contribution < 1.29 is 13.9 Å². The van der Waals surface area contributed by atoms with E-state index in [1.807, 2.05) is 0 Å². The number of benzene rings is 1. The van der Waals surface area contributed by atoms with E-state index >= 15 is 0 Å². The Hall–Kier alpha value is -2.83. The second kappa shape index (κ2) is 7.26. The summed E-state index contributed by atoms with van der Waals surface area (Å²) in [6, 6.07) is 9.35. The Morgan fingerprint density at radius 2 is 2.00 bits per heavy atom. The van der Waals surface area contributed by atoms with Crippen LogP contribution in [0.2, 0.25) is 0 Å². The SMILES string of the molecule is CCNC(=O)Oc1ccc(NCc2ccc(F)cc2)nc1N. The Bertz CT molecular complexity index is 646. The monoisotopic (exact) mass is 304 g/mol. The van der Waals surface area contributed by atoms with Gasteiger partial charge in [0.15, 0.2) is 11.6 Å². The summed E-state index contributed by atoms with van der Waals surface area (Å²) < 4.78 is 17.8. The molecule has 7 heteroatoms. The molecular formula is C15H17FN4O2. The molecule has 4 N–H and O–H groups in total. The summed E-state index contributed by atoms with van der Waals surface area (Å²) in [5, 5.41) is 5.55. The van der Waals surface area contributed by atoms with Crippen LogP contribution < -0.4 is 21.1 Å². The van der Waals surface area contributed by atoms with E-state index in [-0.39, 0.29) is 17.4 Å². The van der Waals surface area contributed by atoms with Gasteiger partial charge in [0.1, 0.15) is 11.6 Å². The molecule has 0 spiro atoms. The summed E-state index contributed by atoms with van der Waals surface area (Å²) in [6.07, 6.45) is -0.581. The van der Waals surface area contributed by atoms with Gasteiger partial charge in [0.2, 0.25) is 0 Å². The first kappa shape index (κ1) is 15.6. The quantitative estimate of drug-likeness (QED) is 0.790. The molecule has 0 aliphatic rings. The van der Waals surface area contributed by atoms with Crippen molar-refractivity contribution in [3.05, 3.63) is 47.8 Å². The number of carbonyl (C=O) groups is 1. The van der Waals surface area contributed by atoms with E-state index in [4.69, 9.17) is 10.5 Å². The van der Waals surface area contributed by atoms with E-state index in [0.717, 1.165) is 5.56 Å². The molecule has 1 aromatic carbocycles. The third-order valence-corrected chi connectivity index (χ3v) is 2.80.